The van der Waals surface area contributed by atoms with Crippen molar-refractivity contribution < 1.29 is 13.2 Å². The Kier molecular flexibility index (Phi) is 6.08. The normalized spacial score (nSPS) is 16.1. The number of piperidine rings is 1. The van der Waals surface area contributed by atoms with Gasteiger partial charge in [0.15, 0.2) is 0 Å². The first-order valence-corrected chi connectivity index (χ1v) is 10.4. The van der Waals surface area contributed by atoms with Crippen molar-refractivity contribution in [1.29, 1.82) is 0 Å². The molecule has 1 saturated heterocycles. The van der Waals surface area contributed by atoms with Crippen molar-refractivity contribution in [3.8, 4) is 0 Å². The Morgan fingerprint density at radius 3 is 2.37 bits per heavy atom. The zero-order chi connectivity index (χ0) is 19.3. The first-order valence-electron chi connectivity index (χ1n) is 8.94. The number of rotatable bonds is 6. The molecule has 3 rings (SSSR count). The van der Waals surface area contributed by atoms with Crippen LogP contribution in [0.2, 0.25) is 0 Å². The Morgan fingerprint density at radius 2 is 1.70 bits per heavy atom. The van der Waals surface area contributed by atoms with Crippen LogP contribution in [0.15, 0.2) is 64.4 Å². The number of hydrogen-bond acceptors (Lipinski definition) is 4. The fraction of sp³-hybridized carbons (Fsp3) is 0.368. The van der Waals surface area contributed by atoms with Crippen molar-refractivity contribution in [3.63, 3.8) is 0 Å². The second kappa shape index (κ2) is 8.49. The molecule has 0 saturated carbocycles. The molecule has 1 aliphatic heterocycles. The average Bonchev–Trinajstić information content (AvgIpc) is 2.69. The first kappa shape index (κ1) is 19.3. The van der Waals surface area contributed by atoms with Crippen LogP contribution in [0.1, 0.15) is 12.8 Å². The number of amides is 1. The third-order valence-corrected chi connectivity index (χ3v) is 6.67. The number of aromatic nitrogens is 1. The number of carbonyl (C=O) groups is 1. The number of nitrogens with zero attached hydrogens (tertiary/aromatic N) is 2. The van der Waals surface area contributed by atoms with E-state index in [2.05, 4.69) is 5.32 Å². The minimum absolute atomic E-state index is 0.0130. The third kappa shape index (κ3) is 4.84. The summed E-state index contributed by atoms with van der Waals surface area (Å²) in [6, 6.07) is 13.2. The summed E-state index contributed by atoms with van der Waals surface area (Å²) in [7, 11) is -3.45. The number of hydrogen-bond donors (Lipinski definition) is 1. The van der Waals surface area contributed by atoms with Gasteiger partial charge >= 0.3 is 0 Å². The van der Waals surface area contributed by atoms with Gasteiger partial charge < -0.3 is 9.88 Å². The van der Waals surface area contributed by atoms with Crippen LogP contribution in [0.25, 0.3) is 0 Å². The van der Waals surface area contributed by atoms with E-state index in [1.165, 1.54) is 14.9 Å². The molecule has 1 aliphatic rings. The molecule has 0 spiro atoms. The summed E-state index contributed by atoms with van der Waals surface area (Å²) in [4.78, 5) is 24.0. The van der Waals surface area contributed by atoms with Crippen LogP contribution in [-0.2, 0) is 21.4 Å². The van der Waals surface area contributed by atoms with Gasteiger partial charge in [-0.15, -0.1) is 0 Å². The summed E-state index contributed by atoms with van der Waals surface area (Å²) in [6.07, 6.45) is 2.96. The Labute approximate surface area is 158 Å². The highest BCUT2D eigenvalue weighted by Crippen LogP contribution is 2.23. The molecule has 1 aromatic carbocycles. The summed E-state index contributed by atoms with van der Waals surface area (Å²) in [5, 5.41) is 2.85. The van der Waals surface area contributed by atoms with Crippen LogP contribution >= 0.6 is 0 Å². The molecule has 144 valence electrons. The van der Waals surface area contributed by atoms with Gasteiger partial charge in [-0.1, -0.05) is 24.3 Å². The number of nitrogens with one attached hydrogen (secondary N) is 1. The molecule has 1 aromatic heterocycles. The molecule has 27 heavy (non-hydrogen) atoms. The van der Waals surface area contributed by atoms with Gasteiger partial charge in [-0.25, -0.2) is 8.42 Å². The SMILES string of the molecule is O=C(Cn1ccccc1=O)NCC1CCN(S(=O)(=O)c2ccccc2)CC1. The largest absolute Gasteiger partial charge is 0.354 e. The molecule has 1 N–H and O–H groups in total. The molecule has 1 fully saturated rings. The molecule has 8 heteroatoms. The zero-order valence-electron chi connectivity index (χ0n) is 15.0. The van der Waals surface area contributed by atoms with E-state index >= 15 is 0 Å². The molecular formula is C19H23N3O4S. The van der Waals surface area contributed by atoms with Gasteiger partial charge in [-0.3, -0.25) is 9.59 Å². The highest BCUT2D eigenvalue weighted by Gasteiger charge is 2.29. The van der Waals surface area contributed by atoms with Gasteiger partial charge in [-0.2, -0.15) is 4.31 Å². The van der Waals surface area contributed by atoms with Crippen molar-refractivity contribution in [2.24, 2.45) is 5.92 Å². The quantitative estimate of drug-likeness (QED) is 0.800. The zero-order valence-corrected chi connectivity index (χ0v) is 15.8. The summed E-state index contributed by atoms with van der Waals surface area (Å²) in [6.45, 7) is 1.35. The standard InChI is InChI=1S/C19H23N3O4S/c23-18(15-21-11-5-4-8-19(21)24)20-14-16-9-12-22(13-10-16)27(25,26)17-6-2-1-3-7-17/h1-8,11,16H,9-10,12-15H2,(H,20,23). The molecule has 0 atom stereocenters. The van der Waals surface area contributed by atoms with E-state index in [0.717, 1.165) is 0 Å². The van der Waals surface area contributed by atoms with E-state index in [9.17, 15) is 18.0 Å². The summed E-state index contributed by atoms with van der Waals surface area (Å²) < 4.78 is 28.1. The Morgan fingerprint density at radius 1 is 1.04 bits per heavy atom. The van der Waals surface area contributed by atoms with Crippen LogP contribution in [0.4, 0.5) is 0 Å². The van der Waals surface area contributed by atoms with Crippen molar-refractivity contribution in [3.05, 3.63) is 65.1 Å². The lowest BCUT2D eigenvalue weighted by molar-refractivity contribution is -0.121. The van der Waals surface area contributed by atoms with Gasteiger partial charge in [0.05, 0.1) is 4.90 Å². The average molecular weight is 389 g/mol. The third-order valence-electron chi connectivity index (χ3n) is 4.76. The maximum Gasteiger partial charge on any atom is 0.250 e. The minimum atomic E-state index is -3.45. The number of benzene rings is 1. The Hall–Kier alpha value is -2.45. The van der Waals surface area contributed by atoms with Crippen molar-refractivity contribution in [2.45, 2.75) is 24.3 Å². The van der Waals surface area contributed by atoms with E-state index in [4.69, 9.17) is 0 Å². The number of pyridine rings is 1. The molecule has 0 radical (unpaired) electrons. The molecule has 2 heterocycles. The van der Waals surface area contributed by atoms with Crippen molar-refractivity contribution in [1.82, 2.24) is 14.2 Å². The van der Waals surface area contributed by atoms with E-state index in [1.807, 2.05) is 0 Å². The minimum Gasteiger partial charge on any atom is -0.354 e. The Bertz CT molecular complexity index is 933. The topological polar surface area (TPSA) is 88.5 Å². The molecule has 7 nitrogen and oxygen atoms in total. The predicted octanol–water partition coefficient (Wildman–Crippen LogP) is 1.07. The van der Waals surface area contributed by atoms with Crippen LogP contribution in [-0.4, -0.2) is 42.8 Å². The van der Waals surface area contributed by atoms with Crippen LogP contribution < -0.4 is 10.9 Å². The Balaban J connectivity index is 1.48. The van der Waals surface area contributed by atoms with Gasteiger partial charge in [0.1, 0.15) is 6.54 Å². The number of sulfonamides is 1. The number of carbonyl (C=O) groups excluding carboxylic acids is 1. The molecule has 0 unspecified atom stereocenters. The lowest BCUT2D eigenvalue weighted by Gasteiger charge is -2.31. The van der Waals surface area contributed by atoms with E-state index < -0.39 is 10.0 Å². The second-order valence-electron chi connectivity index (χ2n) is 6.63. The summed E-state index contributed by atoms with van der Waals surface area (Å²) in [5.74, 6) is 0.00584. The lowest BCUT2D eigenvalue weighted by Crippen LogP contribution is -2.42. The summed E-state index contributed by atoms with van der Waals surface area (Å²) in [5.41, 5.74) is -0.216. The molecule has 1 amide bonds. The second-order valence-corrected chi connectivity index (χ2v) is 8.57. The van der Waals surface area contributed by atoms with Gasteiger partial charge in [0, 0.05) is 31.9 Å². The predicted molar refractivity (Wildman–Crippen MR) is 102 cm³/mol. The first-order chi connectivity index (χ1) is 13.0. The van der Waals surface area contributed by atoms with E-state index in [1.54, 1.807) is 48.7 Å². The van der Waals surface area contributed by atoms with Crippen LogP contribution in [0.3, 0.4) is 0 Å². The van der Waals surface area contributed by atoms with Crippen LogP contribution in [0.5, 0.6) is 0 Å². The maximum absolute atomic E-state index is 12.6. The van der Waals surface area contributed by atoms with Gasteiger partial charge in [-0.05, 0) is 37.0 Å². The fourth-order valence-corrected chi connectivity index (χ4v) is 4.65. The van der Waals surface area contributed by atoms with Crippen molar-refractivity contribution in [2.75, 3.05) is 19.6 Å². The molecule has 0 aliphatic carbocycles. The maximum atomic E-state index is 12.6. The fourth-order valence-electron chi connectivity index (χ4n) is 3.16. The van der Waals surface area contributed by atoms with Gasteiger partial charge in [0.25, 0.3) is 5.56 Å². The van der Waals surface area contributed by atoms with Crippen molar-refractivity contribution >= 4 is 15.9 Å². The van der Waals surface area contributed by atoms with Gasteiger partial charge in [0.2, 0.25) is 15.9 Å². The lowest BCUT2D eigenvalue weighted by atomic mass is 9.98. The smallest absolute Gasteiger partial charge is 0.250 e. The van der Waals surface area contributed by atoms with Crippen LogP contribution in [0, 0.1) is 5.92 Å². The van der Waals surface area contributed by atoms with E-state index in [-0.39, 0.29) is 23.9 Å². The molecule has 0 bridgehead atoms. The highest BCUT2D eigenvalue weighted by atomic mass is 32.2. The summed E-state index contributed by atoms with van der Waals surface area (Å²) >= 11 is 0. The molecule has 2 aromatic rings. The molecular weight excluding hydrogens is 366 g/mol. The monoisotopic (exact) mass is 389 g/mol. The van der Waals surface area contributed by atoms with E-state index in [0.29, 0.717) is 37.4 Å². The highest BCUT2D eigenvalue weighted by molar-refractivity contribution is 7.89.